The second kappa shape index (κ2) is 6.49. The molecule has 0 atom stereocenters. The van der Waals surface area contributed by atoms with E-state index in [0.717, 1.165) is 0 Å². The van der Waals surface area contributed by atoms with Crippen molar-refractivity contribution >= 4 is 33.3 Å². The zero-order valence-electron chi connectivity index (χ0n) is 12.9. The van der Waals surface area contributed by atoms with E-state index >= 15 is 0 Å². The number of sulfonamides is 1. The third-order valence-corrected chi connectivity index (χ3v) is 4.36. The average Bonchev–Trinajstić information content (AvgIpc) is 2.57. The standard InChI is InChI=1S/C15H14N4O5S/c16-25(22,23)11-5-3-10(4-6-11)18-13(20)8-19-14(21)9-24-12-2-1-7-17-15(12)19/h1-7H,8-9H2,(H,18,20)(H2,16,22,23). The molecular formula is C15H14N4O5S. The number of nitrogens with one attached hydrogen (secondary N) is 1. The number of benzene rings is 1. The van der Waals surface area contributed by atoms with Gasteiger partial charge in [0.15, 0.2) is 18.2 Å². The highest BCUT2D eigenvalue weighted by atomic mass is 32.2. The van der Waals surface area contributed by atoms with Crippen molar-refractivity contribution < 1.29 is 22.7 Å². The number of nitrogens with two attached hydrogens (primary N) is 1. The lowest BCUT2D eigenvalue weighted by Crippen LogP contribution is -2.43. The van der Waals surface area contributed by atoms with Crippen molar-refractivity contribution in [3.8, 4) is 5.75 Å². The van der Waals surface area contributed by atoms with Crippen molar-refractivity contribution in [2.45, 2.75) is 4.90 Å². The fraction of sp³-hybridized carbons (Fsp3) is 0.133. The van der Waals surface area contributed by atoms with E-state index in [4.69, 9.17) is 9.88 Å². The Bertz CT molecular complexity index is 927. The molecule has 10 heteroatoms. The first-order chi connectivity index (χ1) is 11.8. The molecule has 1 aliphatic rings. The number of ether oxygens (including phenoxy) is 1. The Balaban J connectivity index is 1.72. The summed E-state index contributed by atoms with van der Waals surface area (Å²) in [4.78, 5) is 29.4. The van der Waals surface area contributed by atoms with Gasteiger partial charge in [0, 0.05) is 11.9 Å². The van der Waals surface area contributed by atoms with Crippen LogP contribution in [0.25, 0.3) is 0 Å². The van der Waals surface area contributed by atoms with Crippen molar-refractivity contribution in [3.05, 3.63) is 42.6 Å². The minimum atomic E-state index is -3.80. The summed E-state index contributed by atoms with van der Waals surface area (Å²) in [6.45, 7) is -0.418. The predicted molar refractivity (Wildman–Crippen MR) is 88.5 cm³/mol. The summed E-state index contributed by atoms with van der Waals surface area (Å²) < 4.78 is 27.7. The smallest absolute Gasteiger partial charge is 0.266 e. The Kier molecular flexibility index (Phi) is 4.38. The Morgan fingerprint density at radius 3 is 2.68 bits per heavy atom. The molecule has 2 aromatic rings. The van der Waals surface area contributed by atoms with Gasteiger partial charge in [0.25, 0.3) is 5.91 Å². The number of anilines is 2. The topological polar surface area (TPSA) is 132 Å². The number of primary sulfonamides is 1. The van der Waals surface area contributed by atoms with Crippen LogP contribution in [-0.2, 0) is 19.6 Å². The van der Waals surface area contributed by atoms with Crippen LogP contribution in [0.3, 0.4) is 0 Å². The normalized spacial score (nSPS) is 13.8. The molecule has 0 radical (unpaired) electrons. The lowest BCUT2D eigenvalue weighted by atomic mass is 10.3. The van der Waals surface area contributed by atoms with Gasteiger partial charge in [0.1, 0.15) is 6.54 Å². The van der Waals surface area contributed by atoms with E-state index in [2.05, 4.69) is 10.3 Å². The SMILES string of the molecule is NS(=O)(=O)c1ccc(NC(=O)CN2C(=O)COc3cccnc32)cc1. The van der Waals surface area contributed by atoms with Crippen LogP contribution in [-0.4, -0.2) is 38.4 Å². The Labute approximate surface area is 143 Å². The summed E-state index contributed by atoms with van der Waals surface area (Å²) in [5.74, 6) is -0.146. The maximum absolute atomic E-state index is 12.2. The molecule has 0 bridgehead atoms. The van der Waals surface area contributed by atoms with Crippen LogP contribution >= 0.6 is 0 Å². The van der Waals surface area contributed by atoms with Crippen LogP contribution < -0.4 is 20.1 Å². The summed E-state index contributed by atoms with van der Waals surface area (Å²) in [5.41, 5.74) is 0.374. The van der Waals surface area contributed by atoms with Gasteiger partial charge in [-0.05, 0) is 36.4 Å². The van der Waals surface area contributed by atoms with Gasteiger partial charge >= 0.3 is 0 Å². The van der Waals surface area contributed by atoms with Crippen molar-refractivity contribution in [1.29, 1.82) is 0 Å². The molecule has 3 N–H and O–H groups in total. The molecule has 1 aromatic carbocycles. The maximum atomic E-state index is 12.2. The Morgan fingerprint density at radius 2 is 2.00 bits per heavy atom. The predicted octanol–water partition coefficient (Wildman–Crippen LogP) is 0.0931. The second-order valence-corrected chi connectivity index (χ2v) is 6.77. The minimum absolute atomic E-state index is 0.0630. The summed E-state index contributed by atoms with van der Waals surface area (Å²) >= 11 is 0. The number of pyridine rings is 1. The number of rotatable bonds is 4. The fourth-order valence-corrected chi connectivity index (χ4v) is 2.78. The van der Waals surface area contributed by atoms with Crippen LogP contribution in [0.4, 0.5) is 11.5 Å². The molecule has 0 aliphatic carbocycles. The maximum Gasteiger partial charge on any atom is 0.266 e. The first kappa shape index (κ1) is 16.9. The highest BCUT2D eigenvalue weighted by Crippen LogP contribution is 2.28. The van der Waals surface area contributed by atoms with Gasteiger partial charge in [-0.1, -0.05) is 0 Å². The molecule has 0 saturated heterocycles. The molecule has 25 heavy (non-hydrogen) atoms. The van der Waals surface area contributed by atoms with Crippen LogP contribution in [0.1, 0.15) is 0 Å². The number of fused-ring (bicyclic) bond motifs is 1. The zero-order valence-corrected chi connectivity index (χ0v) is 13.7. The van der Waals surface area contributed by atoms with Gasteiger partial charge in [-0.3, -0.25) is 14.5 Å². The number of aromatic nitrogens is 1. The molecule has 2 heterocycles. The number of nitrogens with zero attached hydrogens (tertiary/aromatic N) is 2. The van der Waals surface area contributed by atoms with Crippen LogP contribution in [0, 0.1) is 0 Å². The van der Waals surface area contributed by atoms with E-state index in [-0.39, 0.29) is 29.8 Å². The van der Waals surface area contributed by atoms with E-state index in [1.807, 2.05) is 0 Å². The molecule has 1 aliphatic heterocycles. The van der Waals surface area contributed by atoms with Gasteiger partial charge in [-0.25, -0.2) is 18.5 Å². The molecule has 2 amide bonds. The molecule has 0 saturated carbocycles. The van der Waals surface area contributed by atoms with Crippen molar-refractivity contribution in [2.24, 2.45) is 5.14 Å². The van der Waals surface area contributed by atoms with Crippen LogP contribution in [0.15, 0.2) is 47.5 Å². The molecule has 0 spiro atoms. The number of carbonyl (C=O) groups is 2. The molecule has 0 unspecified atom stereocenters. The van der Waals surface area contributed by atoms with Crippen molar-refractivity contribution in [2.75, 3.05) is 23.4 Å². The summed E-state index contributed by atoms with van der Waals surface area (Å²) in [5, 5.41) is 7.60. The number of hydrogen-bond acceptors (Lipinski definition) is 6. The highest BCUT2D eigenvalue weighted by Gasteiger charge is 2.28. The summed E-state index contributed by atoms with van der Waals surface area (Å²) in [6.07, 6.45) is 1.50. The molecule has 3 rings (SSSR count). The lowest BCUT2D eigenvalue weighted by Gasteiger charge is -2.27. The summed E-state index contributed by atoms with van der Waals surface area (Å²) in [6, 6.07) is 8.70. The van der Waals surface area contributed by atoms with Gasteiger partial charge < -0.3 is 10.1 Å². The van der Waals surface area contributed by atoms with Gasteiger partial charge in [0.2, 0.25) is 15.9 Å². The average molecular weight is 362 g/mol. The third-order valence-electron chi connectivity index (χ3n) is 3.43. The highest BCUT2D eigenvalue weighted by molar-refractivity contribution is 7.89. The first-order valence-corrected chi connectivity index (χ1v) is 8.70. The summed E-state index contributed by atoms with van der Waals surface area (Å²) in [7, 11) is -3.80. The number of amides is 2. The van der Waals surface area contributed by atoms with Gasteiger partial charge in [-0.15, -0.1) is 0 Å². The molecule has 130 valence electrons. The second-order valence-electron chi connectivity index (χ2n) is 5.21. The zero-order chi connectivity index (χ0) is 18.0. The monoisotopic (exact) mass is 362 g/mol. The van der Waals surface area contributed by atoms with Crippen molar-refractivity contribution in [3.63, 3.8) is 0 Å². The molecule has 0 fully saturated rings. The number of hydrogen-bond donors (Lipinski definition) is 2. The van der Waals surface area contributed by atoms with E-state index in [1.54, 1.807) is 12.1 Å². The number of carbonyl (C=O) groups excluding carboxylic acids is 2. The Morgan fingerprint density at radius 1 is 1.28 bits per heavy atom. The van der Waals surface area contributed by atoms with E-state index in [0.29, 0.717) is 11.4 Å². The largest absolute Gasteiger partial charge is 0.480 e. The fourth-order valence-electron chi connectivity index (χ4n) is 2.27. The molecule has 9 nitrogen and oxygen atoms in total. The van der Waals surface area contributed by atoms with E-state index < -0.39 is 15.9 Å². The third kappa shape index (κ3) is 3.75. The van der Waals surface area contributed by atoms with Crippen LogP contribution in [0.2, 0.25) is 0 Å². The molecule has 1 aromatic heterocycles. The van der Waals surface area contributed by atoms with E-state index in [9.17, 15) is 18.0 Å². The first-order valence-electron chi connectivity index (χ1n) is 7.15. The van der Waals surface area contributed by atoms with E-state index in [1.165, 1.54) is 35.4 Å². The lowest BCUT2D eigenvalue weighted by molar-refractivity contribution is -0.123. The van der Waals surface area contributed by atoms with Gasteiger partial charge in [-0.2, -0.15) is 0 Å². The Hall–Kier alpha value is -2.98. The molecular weight excluding hydrogens is 348 g/mol. The van der Waals surface area contributed by atoms with Crippen molar-refractivity contribution in [1.82, 2.24) is 4.98 Å². The minimum Gasteiger partial charge on any atom is -0.480 e. The quantitative estimate of drug-likeness (QED) is 0.792. The van der Waals surface area contributed by atoms with Crippen LogP contribution in [0.5, 0.6) is 5.75 Å². The van der Waals surface area contributed by atoms with Gasteiger partial charge in [0.05, 0.1) is 4.90 Å².